The first-order valence-electron chi connectivity index (χ1n) is 5.61. The molecular formula is C14H11BrCl3N. The van der Waals surface area contributed by atoms with Gasteiger partial charge in [-0.2, -0.15) is 0 Å². The van der Waals surface area contributed by atoms with Gasteiger partial charge in [-0.25, -0.2) is 0 Å². The molecule has 0 saturated heterocycles. The molecule has 0 atom stereocenters. The number of aryl methyl sites for hydroxylation is 1. The molecular weight excluding hydrogens is 368 g/mol. The summed E-state index contributed by atoms with van der Waals surface area (Å²) >= 11 is 21.8. The smallest absolute Gasteiger partial charge is 0.0657 e. The highest BCUT2D eigenvalue weighted by Gasteiger charge is 2.10. The zero-order valence-electron chi connectivity index (χ0n) is 10.1. The SMILES string of the molecule is Cc1ccc(Br)cc1NCc1c(Cl)ccc(Cl)c1Cl. The van der Waals surface area contributed by atoms with Gasteiger partial charge in [-0.3, -0.25) is 0 Å². The molecule has 2 aromatic rings. The number of rotatable bonds is 3. The van der Waals surface area contributed by atoms with E-state index in [1.807, 2.05) is 25.1 Å². The van der Waals surface area contributed by atoms with Crippen molar-refractivity contribution in [2.45, 2.75) is 13.5 Å². The van der Waals surface area contributed by atoms with Gasteiger partial charge in [0.05, 0.1) is 10.0 Å². The average molecular weight is 380 g/mol. The average Bonchev–Trinajstić information content (AvgIpc) is 2.38. The molecule has 0 spiro atoms. The van der Waals surface area contributed by atoms with E-state index in [-0.39, 0.29) is 0 Å². The van der Waals surface area contributed by atoms with Crippen LogP contribution < -0.4 is 5.32 Å². The lowest BCUT2D eigenvalue weighted by molar-refractivity contribution is 1.14. The summed E-state index contributed by atoms with van der Waals surface area (Å²) in [5, 5.41) is 4.93. The Bertz CT molecular complexity index is 614. The fourth-order valence-corrected chi connectivity index (χ4v) is 2.74. The summed E-state index contributed by atoms with van der Waals surface area (Å²) in [5.41, 5.74) is 2.98. The zero-order chi connectivity index (χ0) is 14.0. The van der Waals surface area contributed by atoms with Gasteiger partial charge in [0.2, 0.25) is 0 Å². The maximum Gasteiger partial charge on any atom is 0.0657 e. The molecule has 100 valence electrons. The molecule has 0 fully saturated rings. The Morgan fingerprint density at radius 3 is 2.47 bits per heavy atom. The third-order valence-corrected chi connectivity index (χ3v) is 4.48. The lowest BCUT2D eigenvalue weighted by Crippen LogP contribution is -2.02. The van der Waals surface area contributed by atoms with Crippen LogP contribution in [0.5, 0.6) is 0 Å². The fourth-order valence-electron chi connectivity index (χ4n) is 1.70. The Labute approximate surface area is 136 Å². The number of hydrogen-bond donors (Lipinski definition) is 1. The van der Waals surface area contributed by atoms with Crippen LogP contribution in [0.2, 0.25) is 15.1 Å². The van der Waals surface area contributed by atoms with Crippen molar-refractivity contribution in [3.05, 3.63) is 61.0 Å². The molecule has 0 saturated carbocycles. The van der Waals surface area contributed by atoms with E-state index in [1.165, 1.54) is 0 Å². The molecule has 0 aromatic heterocycles. The summed E-state index contributed by atoms with van der Waals surface area (Å²) in [6.45, 7) is 2.56. The minimum Gasteiger partial charge on any atom is -0.381 e. The Kier molecular flexibility index (Phi) is 5.02. The minimum absolute atomic E-state index is 0.495. The molecule has 19 heavy (non-hydrogen) atoms. The third kappa shape index (κ3) is 3.57. The third-order valence-electron chi connectivity index (χ3n) is 2.79. The second-order valence-corrected chi connectivity index (χ2v) is 6.24. The Morgan fingerprint density at radius 1 is 1.05 bits per heavy atom. The van der Waals surface area contributed by atoms with Crippen molar-refractivity contribution in [3.63, 3.8) is 0 Å². The monoisotopic (exact) mass is 377 g/mol. The highest BCUT2D eigenvalue weighted by Crippen LogP contribution is 2.32. The number of nitrogens with one attached hydrogen (secondary N) is 1. The van der Waals surface area contributed by atoms with E-state index in [0.717, 1.165) is 21.3 Å². The number of benzene rings is 2. The van der Waals surface area contributed by atoms with Crippen molar-refractivity contribution >= 4 is 56.4 Å². The van der Waals surface area contributed by atoms with Gasteiger partial charge < -0.3 is 5.32 Å². The molecule has 0 heterocycles. The fraction of sp³-hybridized carbons (Fsp3) is 0.143. The van der Waals surface area contributed by atoms with E-state index in [9.17, 15) is 0 Å². The molecule has 2 aromatic carbocycles. The van der Waals surface area contributed by atoms with Crippen LogP contribution in [0, 0.1) is 6.92 Å². The van der Waals surface area contributed by atoms with E-state index in [4.69, 9.17) is 34.8 Å². The predicted octanol–water partition coefficient (Wildman–Crippen LogP) is 6.33. The summed E-state index contributed by atoms with van der Waals surface area (Å²) in [6, 6.07) is 9.50. The van der Waals surface area contributed by atoms with Gasteiger partial charge in [0.25, 0.3) is 0 Å². The van der Waals surface area contributed by atoms with Gasteiger partial charge in [0.1, 0.15) is 0 Å². The van der Waals surface area contributed by atoms with Crippen molar-refractivity contribution in [2.75, 3.05) is 5.32 Å². The zero-order valence-corrected chi connectivity index (χ0v) is 14.0. The van der Waals surface area contributed by atoms with Crippen molar-refractivity contribution in [2.24, 2.45) is 0 Å². The second-order valence-electron chi connectivity index (χ2n) is 4.13. The van der Waals surface area contributed by atoms with Crippen molar-refractivity contribution in [3.8, 4) is 0 Å². The maximum atomic E-state index is 6.17. The molecule has 0 amide bonds. The number of halogens is 4. The van der Waals surface area contributed by atoms with Crippen molar-refractivity contribution in [1.29, 1.82) is 0 Å². The molecule has 1 nitrogen and oxygen atoms in total. The molecule has 0 aliphatic carbocycles. The standard InChI is InChI=1S/C14H11BrCl3N/c1-8-2-3-9(15)6-13(8)19-7-10-11(16)4-5-12(17)14(10)18/h2-6,19H,7H2,1H3. The molecule has 0 radical (unpaired) electrons. The highest BCUT2D eigenvalue weighted by atomic mass is 79.9. The van der Waals surface area contributed by atoms with Gasteiger partial charge in [0.15, 0.2) is 0 Å². The number of anilines is 1. The van der Waals surface area contributed by atoms with Gasteiger partial charge in [-0.15, -0.1) is 0 Å². The summed E-state index contributed by atoms with van der Waals surface area (Å²) < 4.78 is 1.02. The largest absolute Gasteiger partial charge is 0.381 e. The minimum atomic E-state index is 0.495. The van der Waals surface area contributed by atoms with E-state index in [0.29, 0.717) is 21.6 Å². The van der Waals surface area contributed by atoms with Crippen LogP contribution in [0.3, 0.4) is 0 Å². The van der Waals surface area contributed by atoms with Crippen LogP contribution in [-0.2, 0) is 6.54 Å². The lowest BCUT2D eigenvalue weighted by Gasteiger charge is -2.13. The van der Waals surface area contributed by atoms with Gasteiger partial charge in [0, 0.05) is 27.3 Å². The molecule has 5 heteroatoms. The summed E-state index contributed by atoms with van der Waals surface area (Å²) in [4.78, 5) is 0. The van der Waals surface area contributed by atoms with E-state index < -0.39 is 0 Å². The lowest BCUT2D eigenvalue weighted by atomic mass is 10.1. The van der Waals surface area contributed by atoms with Gasteiger partial charge >= 0.3 is 0 Å². The van der Waals surface area contributed by atoms with Gasteiger partial charge in [-0.1, -0.05) is 56.8 Å². The van der Waals surface area contributed by atoms with Crippen molar-refractivity contribution in [1.82, 2.24) is 0 Å². The molecule has 0 aliphatic heterocycles. The normalized spacial score (nSPS) is 10.6. The van der Waals surface area contributed by atoms with Crippen LogP contribution in [0.15, 0.2) is 34.8 Å². The van der Waals surface area contributed by atoms with E-state index in [1.54, 1.807) is 12.1 Å². The van der Waals surface area contributed by atoms with Crippen molar-refractivity contribution < 1.29 is 0 Å². The first-order valence-corrected chi connectivity index (χ1v) is 7.54. The summed E-state index contributed by atoms with van der Waals surface area (Å²) in [5.74, 6) is 0. The molecule has 0 bridgehead atoms. The van der Waals surface area contributed by atoms with Gasteiger partial charge in [-0.05, 0) is 36.8 Å². The Morgan fingerprint density at radius 2 is 1.74 bits per heavy atom. The van der Waals surface area contributed by atoms with E-state index >= 15 is 0 Å². The van der Waals surface area contributed by atoms with Crippen LogP contribution >= 0.6 is 50.7 Å². The summed E-state index contributed by atoms with van der Waals surface area (Å²) in [7, 11) is 0. The molecule has 1 N–H and O–H groups in total. The number of hydrogen-bond acceptors (Lipinski definition) is 1. The van der Waals surface area contributed by atoms with Crippen LogP contribution in [0.25, 0.3) is 0 Å². The van der Waals surface area contributed by atoms with Crippen LogP contribution in [0.4, 0.5) is 5.69 Å². The topological polar surface area (TPSA) is 12.0 Å². The maximum absolute atomic E-state index is 6.17. The predicted molar refractivity (Wildman–Crippen MR) is 87.7 cm³/mol. The summed E-state index contributed by atoms with van der Waals surface area (Å²) in [6.07, 6.45) is 0. The highest BCUT2D eigenvalue weighted by molar-refractivity contribution is 9.10. The molecule has 0 aliphatic rings. The first-order chi connectivity index (χ1) is 8.99. The molecule has 2 rings (SSSR count). The first kappa shape index (κ1) is 15.0. The Balaban J connectivity index is 2.24. The Hall–Kier alpha value is -0.410. The quantitative estimate of drug-likeness (QED) is 0.615. The van der Waals surface area contributed by atoms with Crippen LogP contribution in [-0.4, -0.2) is 0 Å². The van der Waals surface area contributed by atoms with E-state index in [2.05, 4.69) is 21.2 Å². The van der Waals surface area contributed by atoms with Crippen LogP contribution in [0.1, 0.15) is 11.1 Å². The second kappa shape index (κ2) is 6.36. The molecule has 0 unspecified atom stereocenters.